The Labute approximate surface area is 218 Å². The second kappa shape index (κ2) is 11.3. The highest BCUT2D eigenvalue weighted by Gasteiger charge is 2.74. The van der Waals surface area contributed by atoms with Crippen molar-refractivity contribution in [2.75, 3.05) is 26.2 Å². The Morgan fingerprint density at radius 2 is 1.97 bits per heavy atom. The third-order valence-corrected chi connectivity index (χ3v) is 7.83. The fourth-order valence-corrected chi connectivity index (χ4v) is 5.93. The second-order valence-electron chi connectivity index (χ2n) is 10.5. The van der Waals surface area contributed by atoms with Crippen molar-refractivity contribution in [2.24, 2.45) is 11.8 Å². The zero-order valence-corrected chi connectivity index (χ0v) is 21.9. The summed E-state index contributed by atoms with van der Waals surface area (Å²) in [6, 6.07) is -1.64. The number of nitrogens with one attached hydrogen (secondary N) is 1. The lowest BCUT2D eigenvalue weighted by atomic mass is 9.74. The van der Waals surface area contributed by atoms with Crippen LogP contribution in [0, 0.1) is 11.8 Å². The summed E-state index contributed by atoms with van der Waals surface area (Å²) in [4.78, 5) is 56.7. The van der Waals surface area contributed by atoms with E-state index in [4.69, 9.17) is 9.47 Å². The van der Waals surface area contributed by atoms with E-state index in [0.717, 1.165) is 19.3 Å². The molecule has 10 heteroatoms. The number of esters is 1. The number of likely N-dealkylation sites (tertiary alicyclic amines) is 1. The number of aliphatic hydroxyl groups excluding tert-OH is 1. The normalized spacial score (nSPS) is 35.9. The van der Waals surface area contributed by atoms with Gasteiger partial charge in [-0.1, -0.05) is 44.1 Å². The SMILES string of the molecule is CCCCCN1C/C=C\CCC(=O)NC[C@@H](C)OC(=O)[C@@H]2[C@@H]3C=C[C@]4(O3)[C@H](C1=O)N([C@H](C)CO)C(=O)[C@@H]24. The van der Waals surface area contributed by atoms with Crippen LogP contribution in [0.3, 0.4) is 0 Å². The van der Waals surface area contributed by atoms with Crippen molar-refractivity contribution < 1.29 is 33.8 Å². The Hall–Kier alpha value is -2.72. The average Bonchev–Trinajstić information content (AvgIpc) is 3.52. The van der Waals surface area contributed by atoms with Gasteiger partial charge in [0, 0.05) is 19.5 Å². The van der Waals surface area contributed by atoms with E-state index >= 15 is 0 Å². The molecule has 4 rings (SSSR count). The maximum absolute atomic E-state index is 14.2. The highest BCUT2D eigenvalue weighted by atomic mass is 16.6. The van der Waals surface area contributed by atoms with Gasteiger partial charge in [0.15, 0.2) is 0 Å². The first-order valence-corrected chi connectivity index (χ1v) is 13.5. The number of amides is 3. The lowest BCUT2D eigenvalue weighted by molar-refractivity contribution is -0.159. The van der Waals surface area contributed by atoms with Crippen molar-refractivity contribution >= 4 is 23.7 Å². The predicted octanol–water partition coefficient (Wildman–Crippen LogP) is 0.935. The fraction of sp³-hybridized carbons (Fsp3) is 0.704. The standard InChI is InChI=1S/C27H39N3O7/c1-4-5-8-13-29-14-9-6-7-10-20(32)28-15-18(3)36-26(35)21-19-11-12-27(37-19)22(21)24(33)30(17(2)16-31)23(27)25(29)34/h6,9,11-12,17-19,21-23,31H,4-5,7-8,10,13-16H2,1-3H3,(H,28,32)/b9-6-/t17-,18-,19+,21-,22-,23+,27-/m1/s1. The predicted molar refractivity (Wildman–Crippen MR) is 134 cm³/mol. The molecule has 1 spiro atoms. The lowest BCUT2D eigenvalue weighted by Gasteiger charge is -2.37. The molecule has 4 aliphatic rings. The molecule has 2 fully saturated rings. The highest BCUT2D eigenvalue weighted by Crippen LogP contribution is 2.56. The van der Waals surface area contributed by atoms with Crippen molar-refractivity contribution in [3.8, 4) is 0 Å². The molecule has 0 aromatic rings. The van der Waals surface area contributed by atoms with E-state index in [0.29, 0.717) is 19.5 Å². The summed E-state index contributed by atoms with van der Waals surface area (Å²) >= 11 is 0. The molecule has 204 valence electrons. The van der Waals surface area contributed by atoms with E-state index in [1.807, 2.05) is 12.2 Å². The molecule has 2 saturated heterocycles. The molecule has 2 N–H and O–H groups in total. The zero-order chi connectivity index (χ0) is 26.7. The molecule has 5 bridgehead atoms. The van der Waals surface area contributed by atoms with Gasteiger partial charge in [-0.25, -0.2) is 0 Å². The number of allylic oxidation sites excluding steroid dienone is 1. The number of ether oxygens (including phenoxy) is 2. The van der Waals surface area contributed by atoms with E-state index in [9.17, 15) is 24.3 Å². The van der Waals surface area contributed by atoms with Crippen LogP contribution in [-0.2, 0) is 28.7 Å². The molecule has 4 heterocycles. The van der Waals surface area contributed by atoms with Gasteiger partial charge in [-0.2, -0.15) is 0 Å². The molecule has 37 heavy (non-hydrogen) atoms. The molecular weight excluding hydrogens is 478 g/mol. The minimum Gasteiger partial charge on any atom is -0.460 e. The summed E-state index contributed by atoms with van der Waals surface area (Å²) in [6.45, 7) is 6.12. The van der Waals surface area contributed by atoms with Crippen LogP contribution in [0.4, 0.5) is 0 Å². The quantitative estimate of drug-likeness (QED) is 0.305. The lowest BCUT2D eigenvalue weighted by Crippen LogP contribution is -2.58. The molecule has 4 aliphatic heterocycles. The first-order chi connectivity index (χ1) is 17.7. The van der Waals surface area contributed by atoms with Crippen LogP contribution in [0.15, 0.2) is 24.3 Å². The first-order valence-electron chi connectivity index (χ1n) is 13.5. The molecular formula is C27H39N3O7. The summed E-state index contributed by atoms with van der Waals surface area (Å²) in [6.07, 6.45) is 9.51. The summed E-state index contributed by atoms with van der Waals surface area (Å²) < 4.78 is 12.0. The van der Waals surface area contributed by atoms with Gasteiger partial charge >= 0.3 is 5.97 Å². The number of carbonyl (C=O) groups excluding carboxylic acids is 4. The zero-order valence-electron chi connectivity index (χ0n) is 21.9. The van der Waals surface area contributed by atoms with Gasteiger partial charge in [0.1, 0.15) is 23.7 Å². The van der Waals surface area contributed by atoms with E-state index in [2.05, 4.69) is 12.2 Å². The highest BCUT2D eigenvalue weighted by molar-refractivity contribution is 5.99. The van der Waals surface area contributed by atoms with E-state index < -0.39 is 47.7 Å². The van der Waals surface area contributed by atoms with E-state index in [-0.39, 0.29) is 37.3 Å². The summed E-state index contributed by atoms with van der Waals surface area (Å²) in [5.41, 5.74) is -1.30. The molecule has 3 amide bonds. The van der Waals surface area contributed by atoms with Crippen molar-refractivity contribution in [1.82, 2.24) is 15.1 Å². The van der Waals surface area contributed by atoms with Gasteiger partial charge < -0.3 is 29.7 Å². The molecule has 0 aromatic heterocycles. The van der Waals surface area contributed by atoms with Crippen molar-refractivity contribution in [3.63, 3.8) is 0 Å². The molecule has 7 atom stereocenters. The van der Waals surface area contributed by atoms with Crippen LogP contribution in [0.5, 0.6) is 0 Å². The number of cyclic esters (lactones) is 1. The van der Waals surface area contributed by atoms with Crippen molar-refractivity contribution in [1.29, 1.82) is 0 Å². The summed E-state index contributed by atoms with van der Waals surface area (Å²) in [7, 11) is 0. The van der Waals surface area contributed by atoms with E-state index in [1.165, 1.54) is 4.90 Å². The number of carbonyl (C=O) groups is 4. The molecule has 0 aromatic carbocycles. The Balaban J connectivity index is 1.74. The van der Waals surface area contributed by atoms with E-state index in [1.54, 1.807) is 30.9 Å². The molecule has 0 saturated carbocycles. The Morgan fingerprint density at radius 3 is 2.70 bits per heavy atom. The molecule has 0 aliphatic carbocycles. The number of rotatable bonds is 6. The van der Waals surface area contributed by atoms with Gasteiger partial charge in [0.2, 0.25) is 17.7 Å². The first kappa shape index (κ1) is 27.3. The Bertz CT molecular complexity index is 966. The van der Waals surface area contributed by atoms with Crippen LogP contribution in [0.1, 0.15) is 52.9 Å². The number of hydrogen-bond donors (Lipinski definition) is 2. The third-order valence-electron chi connectivity index (χ3n) is 7.83. The topological polar surface area (TPSA) is 125 Å². The van der Waals surface area contributed by atoms with Gasteiger partial charge in [-0.15, -0.1) is 0 Å². The third kappa shape index (κ3) is 5.05. The maximum atomic E-state index is 14.2. The minimum absolute atomic E-state index is 0.152. The Morgan fingerprint density at radius 1 is 1.19 bits per heavy atom. The van der Waals surface area contributed by atoms with Crippen LogP contribution in [-0.4, -0.2) is 94.7 Å². The maximum Gasteiger partial charge on any atom is 0.313 e. The summed E-state index contributed by atoms with van der Waals surface area (Å²) in [5.74, 6) is -3.24. The number of hydrogen-bond acceptors (Lipinski definition) is 7. The largest absolute Gasteiger partial charge is 0.460 e. The van der Waals surface area contributed by atoms with Gasteiger partial charge in [0.05, 0.1) is 31.2 Å². The van der Waals surface area contributed by atoms with Crippen LogP contribution >= 0.6 is 0 Å². The van der Waals surface area contributed by atoms with Crippen LogP contribution in [0.2, 0.25) is 0 Å². The minimum atomic E-state index is -1.30. The smallest absolute Gasteiger partial charge is 0.313 e. The monoisotopic (exact) mass is 517 g/mol. The van der Waals surface area contributed by atoms with Gasteiger partial charge in [-0.05, 0) is 26.7 Å². The van der Waals surface area contributed by atoms with Gasteiger partial charge in [-0.3, -0.25) is 19.2 Å². The molecule has 0 radical (unpaired) electrons. The van der Waals surface area contributed by atoms with Crippen molar-refractivity contribution in [3.05, 3.63) is 24.3 Å². The van der Waals surface area contributed by atoms with Crippen molar-refractivity contribution in [2.45, 2.75) is 82.8 Å². The Kier molecular flexibility index (Phi) is 8.38. The average molecular weight is 518 g/mol. The molecule has 0 unspecified atom stereocenters. The van der Waals surface area contributed by atoms with Crippen LogP contribution < -0.4 is 5.32 Å². The number of nitrogens with zero attached hydrogens (tertiary/aromatic N) is 2. The summed E-state index contributed by atoms with van der Waals surface area (Å²) in [5, 5.41) is 12.8. The fourth-order valence-electron chi connectivity index (χ4n) is 5.93. The van der Waals surface area contributed by atoms with Crippen LogP contribution in [0.25, 0.3) is 0 Å². The number of unbranched alkanes of at least 4 members (excludes halogenated alkanes) is 2. The second-order valence-corrected chi connectivity index (χ2v) is 10.5. The number of fused-ring (bicyclic) bond motifs is 2. The van der Waals surface area contributed by atoms with Gasteiger partial charge in [0.25, 0.3) is 0 Å². The molecule has 10 nitrogen and oxygen atoms in total. The number of aliphatic hydroxyl groups is 1.